The number of azide groups is 1. The van der Waals surface area contributed by atoms with E-state index < -0.39 is 15.6 Å². The van der Waals surface area contributed by atoms with Crippen LogP contribution in [0.25, 0.3) is 10.4 Å². The third-order valence-corrected chi connectivity index (χ3v) is 5.68. The molecule has 1 aromatic rings. The first-order valence-corrected chi connectivity index (χ1v) is 8.50. The normalized spacial score (nSPS) is 26.1. The molecule has 1 aromatic carbocycles. The molecular formula is C14H20N4O2S. The van der Waals surface area contributed by atoms with Gasteiger partial charge in [0.15, 0.2) is 0 Å². The van der Waals surface area contributed by atoms with E-state index in [1.165, 1.54) is 0 Å². The zero-order chi connectivity index (χ0) is 15.5. The average molecular weight is 308 g/mol. The minimum absolute atomic E-state index is 0.236. The molecule has 1 aliphatic carbocycles. The number of aryl methyl sites for hydroxylation is 1. The van der Waals surface area contributed by atoms with Crippen LogP contribution in [-0.2, 0) is 10.0 Å². The number of sulfonamides is 1. The smallest absolute Gasteiger partial charge is 0.207 e. The molecule has 21 heavy (non-hydrogen) atoms. The molecule has 1 fully saturated rings. The monoisotopic (exact) mass is 308 g/mol. The first-order chi connectivity index (χ1) is 9.87. The SMILES string of the molecule is Cc1ccc(S(=O)(=O)N[C@]2(C)CCCC[C@H]2N=[N+]=[N-])cc1. The maximum Gasteiger partial charge on any atom is 0.241 e. The molecule has 1 aliphatic rings. The maximum atomic E-state index is 12.5. The van der Waals surface area contributed by atoms with Gasteiger partial charge in [-0.3, -0.25) is 0 Å². The van der Waals surface area contributed by atoms with Crippen molar-refractivity contribution in [3.05, 3.63) is 40.3 Å². The quantitative estimate of drug-likeness (QED) is 0.525. The van der Waals surface area contributed by atoms with Crippen molar-refractivity contribution in [1.82, 2.24) is 4.72 Å². The summed E-state index contributed by atoms with van der Waals surface area (Å²) in [5.74, 6) is 0. The number of nitrogens with one attached hydrogen (secondary N) is 1. The fourth-order valence-corrected chi connectivity index (χ4v) is 4.23. The second-order valence-corrected chi connectivity index (χ2v) is 7.48. The van der Waals surface area contributed by atoms with Gasteiger partial charge in [-0.25, -0.2) is 13.1 Å². The van der Waals surface area contributed by atoms with E-state index >= 15 is 0 Å². The van der Waals surface area contributed by atoms with E-state index in [0.717, 1.165) is 18.4 Å². The van der Waals surface area contributed by atoms with Crippen molar-refractivity contribution in [2.75, 3.05) is 0 Å². The zero-order valence-electron chi connectivity index (χ0n) is 12.3. The van der Waals surface area contributed by atoms with Gasteiger partial charge in [-0.1, -0.05) is 35.7 Å². The van der Waals surface area contributed by atoms with Gasteiger partial charge in [0.25, 0.3) is 0 Å². The summed E-state index contributed by atoms with van der Waals surface area (Å²) in [7, 11) is -3.62. The van der Waals surface area contributed by atoms with Crippen molar-refractivity contribution in [2.45, 2.75) is 56.0 Å². The molecule has 0 unspecified atom stereocenters. The van der Waals surface area contributed by atoms with Crippen molar-refractivity contribution in [3.63, 3.8) is 0 Å². The van der Waals surface area contributed by atoms with Crippen molar-refractivity contribution in [3.8, 4) is 0 Å². The number of hydrogen-bond donors (Lipinski definition) is 1. The van der Waals surface area contributed by atoms with Crippen LogP contribution in [0.15, 0.2) is 34.3 Å². The molecule has 0 aromatic heterocycles. The first-order valence-electron chi connectivity index (χ1n) is 7.02. The number of rotatable bonds is 4. The number of nitrogens with zero attached hydrogens (tertiary/aromatic N) is 3. The zero-order valence-corrected chi connectivity index (χ0v) is 13.1. The third-order valence-electron chi connectivity index (χ3n) is 4.05. The molecule has 2 rings (SSSR count). The van der Waals surface area contributed by atoms with Crippen LogP contribution >= 0.6 is 0 Å². The van der Waals surface area contributed by atoms with E-state index in [1.807, 2.05) is 13.8 Å². The highest BCUT2D eigenvalue weighted by Gasteiger charge is 2.39. The highest BCUT2D eigenvalue weighted by Crippen LogP contribution is 2.32. The van der Waals surface area contributed by atoms with Gasteiger partial charge in [0.05, 0.1) is 10.9 Å². The first kappa shape index (κ1) is 15.8. The largest absolute Gasteiger partial charge is 0.241 e. The molecule has 7 heteroatoms. The van der Waals surface area contributed by atoms with Crippen LogP contribution in [0.4, 0.5) is 0 Å². The summed E-state index contributed by atoms with van der Waals surface area (Å²) >= 11 is 0. The average Bonchev–Trinajstić information content (AvgIpc) is 2.41. The Labute approximate surface area is 125 Å². The molecule has 0 heterocycles. The Kier molecular flexibility index (Phi) is 4.56. The van der Waals surface area contributed by atoms with Gasteiger partial charge < -0.3 is 0 Å². The minimum Gasteiger partial charge on any atom is -0.207 e. The fourth-order valence-electron chi connectivity index (χ4n) is 2.76. The van der Waals surface area contributed by atoms with E-state index in [4.69, 9.17) is 5.53 Å². The van der Waals surface area contributed by atoms with E-state index in [0.29, 0.717) is 12.8 Å². The molecular weight excluding hydrogens is 288 g/mol. The Hall–Kier alpha value is -1.56. The molecule has 0 bridgehead atoms. The predicted molar refractivity (Wildman–Crippen MR) is 81.3 cm³/mol. The minimum atomic E-state index is -3.62. The van der Waals surface area contributed by atoms with Crippen LogP contribution < -0.4 is 4.72 Å². The molecule has 0 aliphatic heterocycles. The van der Waals surface area contributed by atoms with Crippen molar-refractivity contribution in [2.24, 2.45) is 5.11 Å². The molecule has 0 saturated heterocycles. The second kappa shape index (κ2) is 6.05. The molecule has 1 N–H and O–H groups in total. The Morgan fingerprint density at radius 3 is 2.62 bits per heavy atom. The summed E-state index contributed by atoms with van der Waals surface area (Å²) in [6.07, 6.45) is 3.24. The van der Waals surface area contributed by atoms with Crippen molar-refractivity contribution >= 4 is 10.0 Å². The van der Waals surface area contributed by atoms with Crippen LogP contribution in [0.3, 0.4) is 0 Å². The lowest BCUT2D eigenvalue weighted by atomic mass is 9.80. The van der Waals surface area contributed by atoms with Gasteiger partial charge in [0.1, 0.15) is 0 Å². The van der Waals surface area contributed by atoms with Crippen LogP contribution in [0, 0.1) is 6.92 Å². The van der Waals surface area contributed by atoms with Crippen molar-refractivity contribution < 1.29 is 8.42 Å². The van der Waals surface area contributed by atoms with Crippen molar-refractivity contribution in [1.29, 1.82) is 0 Å². The van der Waals surface area contributed by atoms with Crippen LogP contribution in [0.2, 0.25) is 0 Å². The molecule has 6 nitrogen and oxygen atoms in total. The van der Waals surface area contributed by atoms with Gasteiger partial charge in [-0.15, -0.1) is 0 Å². The highest BCUT2D eigenvalue weighted by atomic mass is 32.2. The van der Waals surface area contributed by atoms with Gasteiger partial charge in [-0.2, -0.15) is 0 Å². The molecule has 0 spiro atoms. The topological polar surface area (TPSA) is 94.9 Å². The Morgan fingerprint density at radius 1 is 1.33 bits per heavy atom. The fraction of sp³-hybridized carbons (Fsp3) is 0.571. The van der Waals surface area contributed by atoms with E-state index in [9.17, 15) is 8.42 Å². The lowest BCUT2D eigenvalue weighted by Crippen LogP contribution is -2.54. The third kappa shape index (κ3) is 3.56. The molecule has 1 saturated carbocycles. The Balaban J connectivity index is 2.29. The lowest BCUT2D eigenvalue weighted by molar-refractivity contribution is 0.251. The maximum absolute atomic E-state index is 12.5. The Bertz CT molecular complexity index is 650. The van der Waals surface area contributed by atoms with Crippen LogP contribution in [0.1, 0.15) is 38.2 Å². The highest BCUT2D eigenvalue weighted by molar-refractivity contribution is 7.89. The summed E-state index contributed by atoms with van der Waals surface area (Å²) in [6.45, 7) is 3.72. The van der Waals surface area contributed by atoms with Gasteiger partial charge in [-0.05, 0) is 44.4 Å². The summed E-state index contributed by atoms with van der Waals surface area (Å²) in [4.78, 5) is 3.10. The lowest BCUT2D eigenvalue weighted by Gasteiger charge is -2.39. The van der Waals surface area contributed by atoms with Crippen LogP contribution in [-0.4, -0.2) is 20.0 Å². The standard InChI is InChI=1S/C14H20N4O2S/c1-11-6-8-12(9-7-11)21(19,20)17-14(2)10-4-3-5-13(14)16-18-15/h6-9,13,17H,3-5,10H2,1-2H3/t13-,14-/m1/s1. The predicted octanol–water partition coefficient (Wildman–Crippen LogP) is 3.28. The van der Waals surface area contributed by atoms with E-state index in [2.05, 4.69) is 14.7 Å². The van der Waals surface area contributed by atoms with Crippen LogP contribution in [0.5, 0.6) is 0 Å². The molecule has 0 radical (unpaired) electrons. The second-order valence-electron chi connectivity index (χ2n) is 5.80. The van der Waals surface area contributed by atoms with Gasteiger partial charge in [0.2, 0.25) is 10.0 Å². The van der Waals surface area contributed by atoms with Gasteiger partial charge in [0, 0.05) is 10.5 Å². The summed E-state index contributed by atoms with van der Waals surface area (Å²) in [5, 5.41) is 3.78. The van der Waals surface area contributed by atoms with Gasteiger partial charge >= 0.3 is 0 Å². The number of benzene rings is 1. The molecule has 114 valence electrons. The molecule has 2 atom stereocenters. The summed E-state index contributed by atoms with van der Waals surface area (Å²) in [6, 6.07) is 6.36. The number of hydrogen-bond acceptors (Lipinski definition) is 3. The summed E-state index contributed by atoms with van der Waals surface area (Å²) < 4.78 is 27.8. The van der Waals surface area contributed by atoms with E-state index in [1.54, 1.807) is 24.3 Å². The summed E-state index contributed by atoms with van der Waals surface area (Å²) in [5.41, 5.74) is 8.95. The molecule has 0 amide bonds. The van der Waals surface area contributed by atoms with E-state index in [-0.39, 0.29) is 10.9 Å². The Morgan fingerprint density at radius 2 is 2.00 bits per heavy atom.